The average molecular weight is 477 g/mol. The van der Waals surface area contributed by atoms with E-state index in [1.807, 2.05) is 20.8 Å². The molecule has 0 aliphatic heterocycles. The van der Waals surface area contributed by atoms with E-state index in [0.717, 1.165) is 0 Å². The first-order chi connectivity index (χ1) is 14.8. The minimum atomic E-state index is -4.39. The van der Waals surface area contributed by atoms with Gasteiger partial charge in [0.15, 0.2) is 0 Å². The van der Waals surface area contributed by atoms with Gasteiger partial charge in [0.25, 0.3) is 10.1 Å². The molecular weight excluding hydrogens is 452 g/mol. The monoisotopic (exact) mass is 476 g/mol. The fourth-order valence-corrected chi connectivity index (χ4v) is 4.92. The summed E-state index contributed by atoms with van der Waals surface area (Å²) in [5, 5.41) is 0. The minimum Gasteiger partial charge on any atom is -0.488 e. The predicted octanol–water partition coefficient (Wildman–Crippen LogP) is 5.04. The number of aryl methyl sites for hydroxylation is 1. The zero-order valence-electron chi connectivity index (χ0n) is 18.1. The lowest BCUT2D eigenvalue weighted by atomic mass is 10.2. The highest BCUT2D eigenvalue weighted by Crippen LogP contribution is 2.29. The third-order valence-corrected chi connectivity index (χ3v) is 7.15. The van der Waals surface area contributed by atoms with Gasteiger partial charge in [-0.3, -0.25) is 4.55 Å². The van der Waals surface area contributed by atoms with E-state index in [1.54, 1.807) is 25.1 Å². The van der Waals surface area contributed by atoms with Crippen LogP contribution in [-0.4, -0.2) is 27.0 Å². The van der Waals surface area contributed by atoms with Crippen molar-refractivity contribution in [1.82, 2.24) is 0 Å². The van der Waals surface area contributed by atoms with Crippen molar-refractivity contribution in [3.63, 3.8) is 0 Å². The number of hydrogen-bond acceptors (Lipinski definition) is 6. The molecule has 0 atom stereocenters. The third kappa shape index (κ3) is 5.67. The van der Waals surface area contributed by atoms with Crippen LogP contribution in [0, 0.1) is 6.92 Å². The van der Waals surface area contributed by atoms with E-state index in [1.165, 1.54) is 48.5 Å². The smallest absolute Gasteiger partial charge is 0.294 e. The van der Waals surface area contributed by atoms with E-state index in [2.05, 4.69) is 0 Å². The number of benzene rings is 3. The van der Waals surface area contributed by atoms with Gasteiger partial charge in [0.05, 0.1) is 9.79 Å². The lowest BCUT2D eigenvalue weighted by molar-refractivity contribution is 0.131. The van der Waals surface area contributed by atoms with Crippen molar-refractivity contribution in [1.29, 1.82) is 0 Å². The van der Waals surface area contributed by atoms with E-state index in [9.17, 15) is 21.4 Å². The molecule has 0 fully saturated rings. The first kappa shape index (κ1) is 23.8. The van der Waals surface area contributed by atoms with Crippen molar-refractivity contribution in [2.24, 2.45) is 0 Å². The molecule has 0 heterocycles. The molecule has 32 heavy (non-hydrogen) atoms. The maximum Gasteiger partial charge on any atom is 0.294 e. The van der Waals surface area contributed by atoms with Crippen molar-refractivity contribution in [3.05, 3.63) is 72.3 Å². The van der Waals surface area contributed by atoms with Gasteiger partial charge in [-0.05, 0) is 87.9 Å². The van der Waals surface area contributed by atoms with Gasteiger partial charge in [0.1, 0.15) is 27.7 Å². The Bertz CT molecular complexity index is 1320. The van der Waals surface area contributed by atoms with E-state index in [-0.39, 0.29) is 20.4 Å². The van der Waals surface area contributed by atoms with Crippen molar-refractivity contribution < 1.29 is 30.9 Å². The summed E-state index contributed by atoms with van der Waals surface area (Å²) in [6, 6.07) is 16.2. The number of sulfone groups is 1. The predicted molar refractivity (Wildman–Crippen MR) is 120 cm³/mol. The van der Waals surface area contributed by atoms with Crippen LogP contribution in [0.15, 0.2) is 81.4 Å². The highest BCUT2D eigenvalue weighted by molar-refractivity contribution is 7.91. The van der Waals surface area contributed by atoms with Gasteiger partial charge >= 0.3 is 0 Å². The van der Waals surface area contributed by atoms with Crippen LogP contribution in [0.4, 0.5) is 0 Å². The lowest BCUT2D eigenvalue weighted by Crippen LogP contribution is -2.22. The summed E-state index contributed by atoms with van der Waals surface area (Å²) in [7, 11) is -8.13. The molecule has 9 heteroatoms. The summed E-state index contributed by atoms with van der Waals surface area (Å²) in [5.74, 6) is 1.07. The summed E-state index contributed by atoms with van der Waals surface area (Å²) in [6.07, 6.45) is 0. The zero-order valence-corrected chi connectivity index (χ0v) is 19.7. The van der Waals surface area contributed by atoms with Gasteiger partial charge < -0.3 is 9.47 Å². The number of rotatable bonds is 6. The van der Waals surface area contributed by atoms with Gasteiger partial charge in [-0.2, -0.15) is 8.42 Å². The molecule has 0 aliphatic rings. The second kappa shape index (κ2) is 8.57. The fraction of sp³-hybridized carbons (Fsp3) is 0.217. The Kier molecular flexibility index (Phi) is 6.37. The maximum atomic E-state index is 12.9. The van der Waals surface area contributed by atoms with Crippen LogP contribution < -0.4 is 9.47 Å². The quantitative estimate of drug-likeness (QED) is 0.496. The molecule has 3 rings (SSSR count). The Morgan fingerprint density at radius 1 is 0.719 bits per heavy atom. The topological polar surface area (TPSA) is 107 Å². The molecule has 0 saturated carbocycles. The summed E-state index contributed by atoms with van der Waals surface area (Å²) >= 11 is 0. The van der Waals surface area contributed by atoms with Crippen LogP contribution in [0.5, 0.6) is 17.2 Å². The summed E-state index contributed by atoms with van der Waals surface area (Å²) in [4.78, 5) is -0.0475. The van der Waals surface area contributed by atoms with Gasteiger partial charge in [0, 0.05) is 6.07 Å². The molecule has 3 aromatic carbocycles. The Balaban J connectivity index is 1.81. The minimum absolute atomic E-state index is 0.0804. The fourth-order valence-electron chi connectivity index (χ4n) is 2.92. The molecular formula is C23H24O7S2. The standard InChI is InChI=1S/C23H24O7S2/c1-16-5-6-19(15-22(16)32(26,27)28)29-17-7-11-20(12-8-17)31(24,25)21-13-9-18(10-14-21)30-23(2,3)4/h5-15H,1-4H3,(H,26,27,28). The maximum absolute atomic E-state index is 12.9. The van der Waals surface area contributed by atoms with Crippen molar-refractivity contribution in [2.45, 2.75) is 48.0 Å². The van der Waals surface area contributed by atoms with Crippen LogP contribution in [0.1, 0.15) is 26.3 Å². The molecule has 0 radical (unpaired) electrons. The second-order valence-corrected chi connectivity index (χ2v) is 11.5. The van der Waals surface area contributed by atoms with E-state index in [4.69, 9.17) is 9.47 Å². The number of ether oxygens (including phenoxy) is 2. The number of hydrogen-bond donors (Lipinski definition) is 1. The Morgan fingerprint density at radius 3 is 1.66 bits per heavy atom. The van der Waals surface area contributed by atoms with Gasteiger partial charge in [-0.25, -0.2) is 8.42 Å². The van der Waals surface area contributed by atoms with Gasteiger partial charge in [0.2, 0.25) is 9.84 Å². The van der Waals surface area contributed by atoms with Crippen molar-refractivity contribution in [3.8, 4) is 17.2 Å². The molecule has 0 bridgehead atoms. The average Bonchev–Trinajstić information content (AvgIpc) is 2.68. The SMILES string of the molecule is Cc1ccc(Oc2ccc(S(=O)(=O)c3ccc(OC(C)(C)C)cc3)cc2)cc1S(=O)(=O)O. The van der Waals surface area contributed by atoms with Crippen LogP contribution in [0.2, 0.25) is 0 Å². The van der Waals surface area contributed by atoms with Crippen molar-refractivity contribution in [2.75, 3.05) is 0 Å². The Hall–Kier alpha value is -2.88. The van der Waals surface area contributed by atoms with Crippen LogP contribution >= 0.6 is 0 Å². The lowest BCUT2D eigenvalue weighted by Gasteiger charge is -2.21. The highest BCUT2D eigenvalue weighted by Gasteiger charge is 2.19. The Morgan fingerprint density at radius 2 is 1.19 bits per heavy atom. The summed E-state index contributed by atoms with van der Waals surface area (Å²) < 4.78 is 69.4. The molecule has 7 nitrogen and oxygen atoms in total. The molecule has 0 amide bonds. The van der Waals surface area contributed by atoms with E-state index >= 15 is 0 Å². The van der Waals surface area contributed by atoms with Crippen LogP contribution in [0.3, 0.4) is 0 Å². The second-order valence-electron chi connectivity index (χ2n) is 8.17. The Labute approximate surface area is 188 Å². The largest absolute Gasteiger partial charge is 0.488 e. The molecule has 1 N–H and O–H groups in total. The molecule has 0 aromatic heterocycles. The van der Waals surface area contributed by atoms with Crippen molar-refractivity contribution >= 4 is 20.0 Å². The van der Waals surface area contributed by atoms with Crippen LogP contribution in [-0.2, 0) is 20.0 Å². The van der Waals surface area contributed by atoms with Gasteiger partial charge in [-0.15, -0.1) is 0 Å². The first-order valence-electron chi connectivity index (χ1n) is 9.66. The first-order valence-corrected chi connectivity index (χ1v) is 12.6. The van der Waals surface area contributed by atoms with E-state index in [0.29, 0.717) is 17.1 Å². The van der Waals surface area contributed by atoms with Crippen LogP contribution in [0.25, 0.3) is 0 Å². The highest BCUT2D eigenvalue weighted by atomic mass is 32.2. The van der Waals surface area contributed by atoms with Gasteiger partial charge in [-0.1, -0.05) is 6.07 Å². The summed E-state index contributed by atoms with van der Waals surface area (Å²) in [5.41, 5.74) is -0.0179. The normalized spacial score (nSPS) is 12.4. The molecule has 0 saturated heterocycles. The molecule has 3 aromatic rings. The summed E-state index contributed by atoms with van der Waals surface area (Å²) in [6.45, 7) is 7.26. The molecule has 0 unspecified atom stereocenters. The molecule has 170 valence electrons. The van der Waals surface area contributed by atoms with E-state index < -0.39 is 25.6 Å². The third-order valence-electron chi connectivity index (χ3n) is 4.37. The molecule has 0 spiro atoms. The molecule has 0 aliphatic carbocycles. The zero-order chi connectivity index (χ0) is 23.7.